The lowest BCUT2D eigenvalue weighted by atomic mass is 9.84. The van der Waals surface area contributed by atoms with Crippen LogP contribution in [-0.4, -0.2) is 16.9 Å². The van der Waals surface area contributed by atoms with Gasteiger partial charge in [-0.1, -0.05) is 6.42 Å². The van der Waals surface area contributed by atoms with E-state index in [2.05, 4.69) is 12.2 Å². The van der Waals surface area contributed by atoms with Gasteiger partial charge in [-0.25, -0.2) is 0 Å². The van der Waals surface area contributed by atoms with Crippen molar-refractivity contribution in [2.45, 2.75) is 38.6 Å². The zero-order chi connectivity index (χ0) is 15.0. The number of nitrogens with one attached hydrogen (secondary N) is 1. The number of hydrogen-bond donors (Lipinski definition) is 1. The first-order valence-electron chi connectivity index (χ1n) is 7.60. The topological polar surface area (TPSA) is 72.2 Å². The molecule has 2 saturated carbocycles. The Balaban J connectivity index is 1.61. The number of nitro groups is 1. The van der Waals surface area contributed by atoms with Crippen LogP contribution in [0.1, 0.15) is 43.0 Å². The SMILES string of the molecule is C[C@H](NC(=O)c1ccc([N+](=O)[O-])cc1)[C@@H]1C[C@H]2CC[C@H]1C2. The minimum absolute atomic E-state index is 0.00713. The fourth-order valence-electron chi connectivity index (χ4n) is 4.04. The highest BCUT2D eigenvalue weighted by Crippen LogP contribution is 2.49. The number of hydrogen-bond acceptors (Lipinski definition) is 3. The van der Waals surface area contributed by atoms with Crippen LogP contribution in [0, 0.1) is 27.9 Å². The van der Waals surface area contributed by atoms with Gasteiger partial charge in [0.05, 0.1) is 4.92 Å². The highest BCUT2D eigenvalue weighted by atomic mass is 16.6. The maximum absolute atomic E-state index is 12.2. The van der Waals surface area contributed by atoms with Crippen LogP contribution < -0.4 is 5.32 Å². The number of non-ortho nitro benzene ring substituents is 1. The Kier molecular flexibility index (Phi) is 3.66. The van der Waals surface area contributed by atoms with E-state index in [-0.39, 0.29) is 17.6 Å². The lowest BCUT2D eigenvalue weighted by Crippen LogP contribution is -2.40. The van der Waals surface area contributed by atoms with Crippen molar-refractivity contribution in [2.24, 2.45) is 17.8 Å². The normalized spacial score (nSPS) is 28.3. The Hall–Kier alpha value is -1.91. The van der Waals surface area contributed by atoms with Crippen LogP contribution >= 0.6 is 0 Å². The standard InChI is InChI=1S/C16H20N2O3/c1-10(15-9-11-2-3-13(15)8-11)17-16(19)12-4-6-14(7-5-12)18(20)21/h4-7,10-11,13,15H,2-3,8-9H2,1H3,(H,17,19)/t10-,11-,13-,15-/m0/s1. The summed E-state index contributed by atoms with van der Waals surface area (Å²) in [7, 11) is 0. The highest BCUT2D eigenvalue weighted by molar-refractivity contribution is 5.94. The third-order valence-corrected chi connectivity index (χ3v) is 5.13. The first-order valence-corrected chi connectivity index (χ1v) is 7.60. The maximum Gasteiger partial charge on any atom is 0.269 e. The minimum Gasteiger partial charge on any atom is -0.349 e. The number of nitro benzene ring substituents is 1. The largest absolute Gasteiger partial charge is 0.349 e. The van der Waals surface area contributed by atoms with E-state index in [0.717, 1.165) is 11.8 Å². The highest BCUT2D eigenvalue weighted by Gasteiger charge is 2.42. The summed E-state index contributed by atoms with van der Waals surface area (Å²) in [6.45, 7) is 2.08. The third-order valence-electron chi connectivity index (χ3n) is 5.13. The summed E-state index contributed by atoms with van der Waals surface area (Å²) in [4.78, 5) is 22.4. The van der Waals surface area contributed by atoms with Crippen molar-refractivity contribution < 1.29 is 9.72 Å². The lowest BCUT2D eigenvalue weighted by Gasteiger charge is -2.28. The van der Waals surface area contributed by atoms with Crippen molar-refractivity contribution in [1.82, 2.24) is 5.32 Å². The molecule has 0 aromatic heterocycles. The van der Waals surface area contributed by atoms with Crippen LogP contribution in [0.25, 0.3) is 0 Å². The van der Waals surface area contributed by atoms with Gasteiger partial charge in [-0.05, 0) is 56.1 Å². The molecule has 4 atom stereocenters. The second-order valence-electron chi connectivity index (χ2n) is 6.40. The summed E-state index contributed by atoms with van der Waals surface area (Å²) in [5, 5.41) is 13.7. The molecule has 1 aromatic carbocycles. The molecule has 2 fully saturated rings. The Morgan fingerprint density at radius 1 is 1.29 bits per heavy atom. The van der Waals surface area contributed by atoms with E-state index in [0.29, 0.717) is 11.5 Å². The van der Waals surface area contributed by atoms with E-state index < -0.39 is 4.92 Å². The van der Waals surface area contributed by atoms with Gasteiger partial charge in [-0.15, -0.1) is 0 Å². The molecule has 5 nitrogen and oxygen atoms in total. The zero-order valence-corrected chi connectivity index (χ0v) is 12.1. The molecule has 2 aliphatic rings. The average molecular weight is 288 g/mol. The number of carbonyl (C=O) groups excluding carboxylic acids is 1. The van der Waals surface area contributed by atoms with Crippen LogP contribution in [0.5, 0.6) is 0 Å². The van der Waals surface area contributed by atoms with Gasteiger partial charge in [0.15, 0.2) is 0 Å². The molecular formula is C16H20N2O3. The quantitative estimate of drug-likeness (QED) is 0.683. The number of carbonyl (C=O) groups is 1. The summed E-state index contributed by atoms with van der Waals surface area (Å²) >= 11 is 0. The van der Waals surface area contributed by atoms with E-state index in [1.54, 1.807) is 0 Å². The van der Waals surface area contributed by atoms with Gasteiger partial charge < -0.3 is 5.32 Å². The van der Waals surface area contributed by atoms with Gasteiger partial charge in [0, 0.05) is 23.7 Å². The Morgan fingerprint density at radius 2 is 2.00 bits per heavy atom. The molecule has 3 rings (SSSR count). The molecule has 1 N–H and O–H groups in total. The molecule has 112 valence electrons. The maximum atomic E-state index is 12.2. The molecule has 0 heterocycles. The van der Waals surface area contributed by atoms with Gasteiger partial charge in [0.2, 0.25) is 0 Å². The number of rotatable bonds is 4. The molecular weight excluding hydrogens is 268 g/mol. The first-order chi connectivity index (χ1) is 10.0. The van der Waals surface area contributed by atoms with Crippen LogP contribution in [0.2, 0.25) is 0 Å². The number of amides is 1. The number of benzene rings is 1. The smallest absolute Gasteiger partial charge is 0.269 e. The van der Waals surface area contributed by atoms with Crippen molar-refractivity contribution in [3.8, 4) is 0 Å². The molecule has 0 aliphatic heterocycles. The molecule has 0 radical (unpaired) electrons. The second-order valence-corrected chi connectivity index (χ2v) is 6.40. The van der Waals surface area contributed by atoms with Crippen LogP contribution in [0.3, 0.4) is 0 Å². The first kappa shape index (κ1) is 14.0. The predicted octanol–water partition coefficient (Wildman–Crippen LogP) is 3.15. The lowest BCUT2D eigenvalue weighted by molar-refractivity contribution is -0.384. The molecule has 1 amide bonds. The van der Waals surface area contributed by atoms with Crippen molar-refractivity contribution in [1.29, 1.82) is 0 Å². The fourth-order valence-corrected chi connectivity index (χ4v) is 4.04. The van der Waals surface area contributed by atoms with Crippen LogP contribution in [-0.2, 0) is 0 Å². The molecule has 0 unspecified atom stereocenters. The molecule has 2 bridgehead atoms. The van der Waals surface area contributed by atoms with E-state index in [4.69, 9.17) is 0 Å². The summed E-state index contributed by atoms with van der Waals surface area (Å²) < 4.78 is 0. The van der Waals surface area contributed by atoms with E-state index >= 15 is 0 Å². The molecule has 1 aromatic rings. The third kappa shape index (κ3) is 2.77. The predicted molar refractivity (Wildman–Crippen MR) is 79.0 cm³/mol. The minimum atomic E-state index is -0.459. The van der Waals surface area contributed by atoms with E-state index in [1.165, 1.54) is 49.9 Å². The van der Waals surface area contributed by atoms with Crippen molar-refractivity contribution in [3.05, 3.63) is 39.9 Å². The van der Waals surface area contributed by atoms with Crippen molar-refractivity contribution >= 4 is 11.6 Å². The van der Waals surface area contributed by atoms with Crippen molar-refractivity contribution in [3.63, 3.8) is 0 Å². The summed E-state index contributed by atoms with van der Waals surface area (Å²) in [6.07, 6.45) is 5.20. The Morgan fingerprint density at radius 3 is 2.52 bits per heavy atom. The monoisotopic (exact) mass is 288 g/mol. The van der Waals surface area contributed by atoms with Gasteiger partial charge >= 0.3 is 0 Å². The second kappa shape index (κ2) is 5.47. The van der Waals surface area contributed by atoms with Gasteiger partial charge in [-0.2, -0.15) is 0 Å². The zero-order valence-electron chi connectivity index (χ0n) is 12.1. The summed E-state index contributed by atoms with van der Waals surface area (Å²) in [6, 6.07) is 5.94. The van der Waals surface area contributed by atoms with E-state index in [9.17, 15) is 14.9 Å². The molecule has 5 heteroatoms. The summed E-state index contributed by atoms with van der Waals surface area (Å²) in [5.41, 5.74) is 0.489. The average Bonchev–Trinajstić information content (AvgIpc) is 3.10. The number of fused-ring (bicyclic) bond motifs is 2. The van der Waals surface area contributed by atoms with Crippen LogP contribution in [0.15, 0.2) is 24.3 Å². The van der Waals surface area contributed by atoms with Gasteiger partial charge in [0.25, 0.3) is 11.6 Å². The molecule has 0 spiro atoms. The fraction of sp³-hybridized carbons (Fsp3) is 0.562. The number of nitrogens with zero attached hydrogens (tertiary/aromatic N) is 1. The molecule has 2 aliphatic carbocycles. The van der Waals surface area contributed by atoms with Gasteiger partial charge in [0.1, 0.15) is 0 Å². The summed E-state index contributed by atoms with van der Waals surface area (Å²) in [5.74, 6) is 2.08. The van der Waals surface area contributed by atoms with Crippen LogP contribution in [0.4, 0.5) is 5.69 Å². The van der Waals surface area contributed by atoms with E-state index in [1.807, 2.05) is 0 Å². The Bertz CT molecular complexity index is 555. The molecule has 0 saturated heterocycles. The van der Waals surface area contributed by atoms with Crippen molar-refractivity contribution in [2.75, 3.05) is 0 Å². The van der Waals surface area contributed by atoms with Gasteiger partial charge in [-0.3, -0.25) is 14.9 Å². The Labute approximate surface area is 123 Å². The molecule has 21 heavy (non-hydrogen) atoms.